The van der Waals surface area contributed by atoms with Gasteiger partial charge in [0.05, 0.1) is 17.4 Å². The summed E-state index contributed by atoms with van der Waals surface area (Å²) in [6.45, 7) is 1.06. The van der Waals surface area contributed by atoms with Crippen LogP contribution < -0.4 is 4.90 Å². The Balaban J connectivity index is 1.37. The number of hydrogen-bond acceptors (Lipinski definition) is 4. The summed E-state index contributed by atoms with van der Waals surface area (Å²) in [5, 5.41) is 0.362. The molecule has 35 heavy (non-hydrogen) atoms. The molecule has 5 nitrogen and oxygen atoms in total. The van der Waals surface area contributed by atoms with Crippen LogP contribution in [0.15, 0.2) is 85.5 Å². The number of fused-ring (bicyclic) bond motifs is 1. The van der Waals surface area contributed by atoms with Crippen LogP contribution in [0.2, 0.25) is 0 Å². The third kappa shape index (κ3) is 5.27. The lowest BCUT2D eigenvalue weighted by molar-refractivity contribution is -0.118. The third-order valence-corrected chi connectivity index (χ3v) is 6.73. The number of thiazole rings is 1. The number of aryl methyl sites for hydroxylation is 1. The lowest BCUT2D eigenvalue weighted by atomic mass is 10.0. The largest absolute Gasteiger partial charge is 0.337 e. The predicted molar refractivity (Wildman–Crippen MR) is 134 cm³/mol. The van der Waals surface area contributed by atoms with Gasteiger partial charge in [-0.05, 0) is 29.2 Å². The average molecular weight is 489 g/mol. The van der Waals surface area contributed by atoms with Crippen molar-refractivity contribution >= 4 is 32.6 Å². The molecule has 0 aliphatic rings. The highest BCUT2D eigenvalue weighted by Gasteiger charge is 2.21. The molecule has 176 valence electrons. The fraction of sp³-hybridized carbons (Fsp3) is 0.148. The molecule has 3 aromatic carbocycles. The lowest BCUT2D eigenvalue weighted by Gasteiger charge is -2.20. The Hall–Kier alpha value is -3.91. The van der Waals surface area contributed by atoms with Crippen molar-refractivity contribution in [3.63, 3.8) is 0 Å². The molecule has 0 bridgehead atoms. The Labute approximate surface area is 205 Å². The van der Waals surface area contributed by atoms with E-state index < -0.39 is 11.6 Å². The van der Waals surface area contributed by atoms with Crippen molar-refractivity contribution in [3.05, 3.63) is 103 Å². The van der Waals surface area contributed by atoms with Gasteiger partial charge in [0, 0.05) is 31.5 Å². The van der Waals surface area contributed by atoms with Crippen LogP contribution >= 0.6 is 11.3 Å². The van der Waals surface area contributed by atoms with Crippen molar-refractivity contribution in [2.24, 2.45) is 0 Å². The maximum atomic E-state index is 14.3. The first-order chi connectivity index (χ1) is 17.1. The predicted octanol–water partition coefficient (Wildman–Crippen LogP) is 6.10. The van der Waals surface area contributed by atoms with Crippen molar-refractivity contribution in [3.8, 4) is 11.1 Å². The first kappa shape index (κ1) is 22.9. The van der Waals surface area contributed by atoms with E-state index in [9.17, 15) is 13.6 Å². The number of nitrogens with zero attached hydrogens (tertiary/aromatic N) is 4. The number of carbonyl (C=O) groups excluding carboxylic acids is 1. The second-order valence-electron chi connectivity index (χ2n) is 8.17. The first-order valence-electron chi connectivity index (χ1n) is 11.2. The molecule has 0 radical (unpaired) electrons. The van der Waals surface area contributed by atoms with Gasteiger partial charge in [0.25, 0.3) is 0 Å². The molecular formula is C27H22F2N4OS. The molecule has 0 saturated heterocycles. The molecule has 0 saturated carbocycles. The second-order valence-corrected chi connectivity index (χ2v) is 9.18. The number of halogens is 2. The zero-order valence-corrected chi connectivity index (χ0v) is 19.6. The third-order valence-electron chi connectivity index (χ3n) is 5.71. The van der Waals surface area contributed by atoms with Gasteiger partial charge in [-0.15, -0.1) is 0 Å². The standard InChI is InChI=1S/C27H22F2N4OS/c28-22-16-23(29)26-24(17-22)35-27(31-26)33(13-4-12-32-14-11-30-18-32)25(34)15-19-7-9-21(10-8-19)20-5-2-1-3-6-20/h1-3,5-11,14,16-18H,4,12-13,15H2. The minimum atomic E-state index is -0.732. The highest BCUT2D eigenvalue weighted by atomic mass is 32.1. The molecular weight excluding hydrogens is 466 g/mol. The Kier molecular flexibility index (Phi) is 6.63. The van der Waals surface area contributed by atoms with Crippen LogP contribution in [-0.4, -0.2) is 27.0 Å². The van der Waals surface area contributed by atoms with Gasteiger partial charge in [0.15, 0.2) is 10.9 Å². The lowest BCUT2D eigenvalue weighted by Crippen LogP contribution is -2.33. The van der Waals surface area contributed by atoms with Gasteiger partial charge in [-0.25, -0.2) is 18.7 Å². The first-order valence-corrected chi connectivity index (χ1v) is 12.0. The van der Waals surface area contributed by atoms with Crippen LogP contribution in [0.5, 0.6) is 0 Å². The van der Waals surface area contributed by atoms with E-state index in [4.69, 9.17) is 0 Å². The molecule has 0 atom stereocenters. The Morgan fingerprint density at radius 1 is 1.00 bits per heavy atom. The number of aromatic nitrogens is 3. The Morgan fingerprint density at radius 3 is 2.51 bits per heavy atom. The molecule has 0 N–H and O–H groups in total. The molecule has 0 fully saturated rings. The number of rotatable bonds is 8. The van der Waals surface area contributed by atoms with Crippen LogP contribution in [0, 0.1) is 11.6 Å². The van der Waals surface area contributed by atoms with Gasteiger partial charge < -0.3 is 4.57 Å². The summed E-state index contributed by atoms with van der Waals surface area (Å²) < 4.78 is 30.3. The smallest absolute Gasteiger partial charge is 0.233 e. The number of anilines is 1. The van der Waals surface area contributed by atoms with E-state index in [0.717, 1.165) is 34.1 Å². The van der Waals surface area contributed by atoms with Crippen LogP contribution in [0.3, 0.4) is 0 Å². The van der Waals surface area contributed by atoms with Crippen LogP contribution in [0.1, 0.15) is 12.0 Å². The molecule has 0 unspecified atom stereocenters. The van der Waals surface area contributed by atoms with Gasteiger partial charge in [-0.3, -0.25) is 9.69 Å². The zero-order chi connectivity index (χ0) is 24.2. The van der Waals surface area contributed by atoms with E-state index in [1.807, 2.05) is 65.4 Å². The number of benzene rings is 3. The zero-order valence-electron chi connectivity index (χ0n) is 18.8. The quantitative estimate of drug-likeness (QED) is 0.265. The minimum absolute atomic E-state index is 0.0750. The summed E-state index contributed by atoms with van der Waals surface area (Å²) in [4.78, 5) is 23.4. The van der Waals surface area contributed by atoms with E-state index >= 15 is 0 Å². The summed E-state index contributed by atoms with van der Waals surface area (Å²) in [7, 11) is 0. The van der Waals surface area contributed by atoms with Gasteiger partial charge in [0.2, 0.25) is 5.91 Å². The van der Waals surface area contributed by atoms with E-state index in [2.05, 4.69) is 9.97 Å². The maximum absolute atomic E-state index is 14.3. The number of amides is 1. The van der Waals surface area contributed by atoms with Gasteiger partial charge in [0.1, 0.15) is 11.3 Å². The number of carbonyl (C=O) groups is 1. The van der Waals surface area contributed by atoms with Gasteiger partial charge >= 0.3 is 0 Å². The summed E-state index contributed by atoms with van der Waals surface area (Å²) in [5.74, 6) is -1.55. The van der Waals surface area contributed by atoms with E-state index in [1.165, 1.54) is 6.07 Å². The van der Waals surface area contributed by atoms with E-state index in [1.54, 1.807) is 17.4 Å². The Morgan fingerprint density at radius 2 is 1.77 bits per heavy atom. The second kappa shape index (κ2) is 10.1. The van der Waals surface area contributed by atoms with Crippen LogP contribution in [0.4, 0.5) is 13.9 Å². The van der Waals surface area contributed by atoms with Crippen molar-refractivity contribution in [1.29, 1.82) is 0 Å². The fourth-order valence-corrected chi connectivity index (χ4v) is 4.98. The van der Waals surface area contributed by atoms with Gasteiger partial charge in [-0.1, -0.05) is 65.9 Å². The SMILES string of the molecule is O=C(Cc1ccc(-c2ccccc2)cc1)N(CCCn1ccnc1)c1nc2c(F)cc(F)cc2s1. The molecule has 2 heterocycles. The van der Waals surface area contributed by atoms with E-state index in [-0.39, 0.29) is 17.8 Å². The summed E-state index contributed by atoms with van der Waals surface area (Å²) in [6, 6.07) is 20.0. The van der Waals surface area contributed by atoms with Crippen molar-refractivity contribution < 1.29 is 13.6 Å². The van der Waals surface area contributed by atoms with E-state index in [0.29, 0.717) is 29.3 Å². The highest BCUT2D eigenvalue weighted by Crippen LogP contribution is 2.32. The molecule has 8 heteroatoms. The van der Waals surface area contributed by atoms with Crippen molar-refractivity contribution in [1.82, 2.24) is 14.5 Å². The van der Waals surface area contributed by atoms with Crippen molar-refractivity contribution in [2.45, 2.75) is 19.4 Å². The summed E-state index contributed by atoms with van der Waals surface area (Å²) in [5.41, 5.74) is 3.12. The fourth-order valence-electron chi connectivity index (χ4n) is 3.93. The topological polar surface area (TPSA) is 51.0 Å². The molecule has 5 rings (SSSR count). The highest BCUT2D eigenvalue weighted by molar-refractivity contribution is 7.22. The van der Waals surface area contributed by atoms with Crippen molar-refractivity contribution in [2.75, 3.05) is 11.4 Å². The molecule has 5 aromatic rings. The minimum Gasteiger partial charge on any atom is -0.337 e. The molecule has 2 aromatic heterocycles. The van der Waals surface area contributed by atoms with Crippen LogP contribution in [-0.2, 0) is 17.8 Å². The number of hydrogen-bond donors (Lipinski definition) is 0. The summed E-state index contributed by atoms with van der Waals surface area (Å²) >= 11 is 1.12. The molecule has 1 amide bonds. The van der Waals surface area contributed by atoms with Gasteiger partial charge in [-0.2, -0.15) is 0 Å². The average Bonchev–Trinajstić information content (AvgIpc) is 3.53. The molecule has 0 aliphatic carbocycles. The molecule has 0 spiro atoms. The molecule has 0 aliphatic heterocycles. The van der Waals surface area contributed by atoms with Crippen LogP contribution in [0.25, 0.3) is 21.3 Å². The Bertz CT molecular complexity index is 1430. The monoisotopic (exact) mass is 488 g/mol. The normalized spacial score (nSPS) is 11.1. The summed E-state index contributed by atoms with van der Waals surface area (Å²) in [6.07, 6.45) is 6.11. The number of imidazole rings is 1. The maximum Gasteiger partial charge on any atom is 0.233 e.